The van der Waals surface area contributed by atoms with Gasteiger partial charge < -0.3 is 14.9 Å². The molecule has 0 aromatic heterocycles. The maximum absolute atomic E-state index is 12.1. The molecule has 6 nitrogen and oxygen atoms in total. The Hall–Kier alpha value is -1.59. The summed E-state index contributed by atoms with van der Waals surface area (Å²) in [7, 11) is 0. The van der Waals surface area contributed by atoms with Gasteiger partial charge in [-0.05, 0) is 39.5 Å². The van der Waals surface area contributed by atoms with Crippen LogP contribution in [0.25, 0.3) is 0 Å². The van der Waals surface area contributed by atoms with Gasteiger partial charge in [0, 0.05) is 32.5 Å². The summed E-state index contributed by atoms with van der Waals surface area (Å²) >= 11 is 0. The van der Waals surface area contributed by atoms with Crippen LogP contribution in [0.1, 0.15) is 52.4 Å². The van der Waals surface area contributed by atoms with Crippen LogP contribution in [0, 0.1) is 0 Å². The van der Waals surface area contributed by atoms with Crippen LogP contribution in [0.5, 0.6) is 0 Å². The number of carbonyl (C=O) groups excluding carboxylic acids is 2. The molecule has 1 rings (SSSR count). The van der Waals surface area contributed by atoms with Gasteiger partial charge in [-0.2, -0.15) is 0 Å². The van der Waals surface area contributed by atoms with Gasteiger partial charge >= 0.3 is 5.97 Å². The van der Waals surface area contributed by atoms with Crippen LogP contribution in [0.2, 0.25) is 0 Å². The molecule has 1 saturated heterocycles. The van der Waals surface area contributed by atoms with Crippen molar-refractivity contribution in [2.24, 2.45) is 0 Å². The summed E-state index contributed by atoms with van der Waals surface area (Å²) in [6, 6.07) is -0.690. The van der Waals surface area contributed by atoms with E-state index in [9.17, 15) is 14.4 Å². The number of aliphatic carboxylic acids is 1. The second-order valence-electron chi connectivity index (χ2n) is 5.36. The van der Waals surface area contributed by atoms with Crippen molar-refractivity contribution in [3.8, 4) is 0 Å². The summed E-state index contributed by atoms with van der Waals surface area (Å²) in [5, 5.41) is 9.15. The predicted molar refractivity (Wildman–Crippen MR) is 78.8 cm³/mol. The zero-order chi connectivity index (χ0) is 15.8. The maximum Gasteiger partial charge on any atom is 0.326 e. The van der Waals surface area contributed by atoms with Crippen molar-refractivity contribution in [3.05, 3.63) is 0 Å². The highest BCUT2D eigenvalue weighted by atomic mass is 16.4. The molecule has 1 aliphatic heterocycles. The summed E-state index contributed by atoms with van der Waals surface area (Å²) in [6.07, 6.45) is 3.31. The number of carboxylic acid groups (broad SMARTS) is 1. The summed E-state index contributed by atoms with van der Waals surface area (Å²) in [6.45, 7) is 5.72. The van der Waals surface area contributed by atoms with E-state index in [0.29, 0.717) is 38.9 Å². The predicted octanol–water partition coefficient (Wildman–Crippen LogP) is 1.49. The van der Waals surface area contributed by atoms with E-state index in [1.807, 2.05) is 13.8 Å². The molecule has 1 atom stereocenters. The lowest BCUT2D eigenvalue weighted by atomic mass is 10.0. The normalized spacial score (nSPS) is 18.4. The SMILES string of the molecule is CCN(CC)C(=O)CCCC(=O)N1CCCC[C@@H]1C(=O)O. The van der Waals surface area contributed by atoms with Crippen LogP contribution in [-0.2, 0) is 14.4 Å². The van der Waals surface area contributed by atoms with Crippen LogP contribution >= 0.6 is 0 Å². The van der Waals surface area contributed by atoms with Gasteiger partial charge in [0.2, 0.25) is 11.8 Å². The Bertz CT molecular complexity index is 380. The van der Waals surface area contributed by atoms with E-state index in [1.54, 1.807) is 4.90 Å². The molecule has 1 N–H and O–H groups in total. The van der Waals surface area contributed by atoms with Crippen molar-refractivity contribution in [1.82, 2.24) is 9.80 Å². The Morgan fingerprint density at radius 1 is 1.14 bits per heavy atom. The standard InChI is InChI=1S/C15H26N2O4/c1-3-16(4-2)13(18)9-7-10-14(19)17-11-6-5-8-12(17)15(20)21/h12H,3-11H2,1-2H3,(H,20,21)/t12-/m1/s1. The third-order valence-electron chi connectivity index (χ3n) is 4.01. The number of amides is 2. The molecule has 120 valence electrons. The van der Waals surface area contributed by atoms with E-state index in [2.05, 4.69) is 0 Å². The van der Waals surface area contributed by atoms with Crippen molar-refractivity contribution in [2.45, 2.75) is 58.4 Å². The van der Waals surface area contributed by atoms with Gasteiger partial charge in [0.15, 0.2) is 0 Å². The van der Waals surface area contributed by atoms with Gasteiger partial charge in [-0.1, -0.05) is 0 Å². The van der Waals surface area contributed by atoms with E-state index >= 15 is 0 Å². The number of rotatable bonds is 7. The average Bonchev–Trinajstić information content (AvgIpc) is 2.48. The number of carboxylic acids is 1. The first-order valence-corrected chi connectivity index (χ1v) is 7.81. The highest BCUT2D eigenvalue weighted by Gasteiger charge is 2.31. The van der Waals surface area contributed by atoms with Crippen molar-refractivity contribution < 1.29 is 19.5 Å². The molecule has 0 unspecified atom stereocenters. The highest BCUT2D eigenvalue weighted by molar-refractivity contribution is 5.84. The molecular weight excluding hydrogens is 272 g/mol. The summed E-state index contributed by atoms with van der Waals surface area (Å²) in [4.78, 5) is 38.4. The monoisotopic (exact) mass is 298 g/mol. The smallest absolute Gasteiger partial charge is 0.326 e. The lowest BCUT2D eigenvalue weighted by molar-refractivity contribution is -0.152. The number of likely N-dealkylation sites (tertiary alicyclic amines) is 1. The first-order chi connectivity index (χ1) is 10.0. The minimum atomic E-state index is -0.928. The molecular formula is C15H26N2O4. The van der Waals surface area contributed by atoms with Crippen molar-refractivity contribution in [1.29, 1.82) is 0 Å². The van der Waals surface area contributed by atoms with E-state index in [1.165, 1.54) is 4.90 Å². The Kier molecular flexibility index (Phi) is 7.19. The van der Waals surface area contributed by atoms with Gasteiger partial charge in [-0.15, -0.1) is 0 Å². The second-order valence-corrected chi connectivity index (χ2v) is 5.36. The van der Waals surface area contributed by atoms with Gasteiger partial charge in [0.1, 0.15) is 6.04 Å². The topological polar surface area (TPSA) is 77.9 Å². The molecule has 1 fully saturated rings. The first kappa shape index (κ1) is 17.5. The molecule has 0 radical (unpaired) electrons. The lowest BCUT2D eigenvalue weighted by Crippen LogP contribution is -2.47. The average molecular weight is 298 g/mol. The number of hydrogen-bond acceptors (Lipinski definition) is 3. The number of carbonyl (C=O) groups is 3. The first-order valence-electron chi connectivity index (χ1n) is 7.81. The lowest BCUT2D eigenvalue weighted by Gasteiger charge is -2.33. The van der Waals surface area contributed by atoms with Crippen LogP contribution in [0.3, 0.4) is 0 Å². The Morgan fingerprint density at radius 2 is 1.81 bits per heavy atom. The fraction of sp³-hybridized carbons (Fsp3) is 0.800. The minimum absolute atomic E-state index is 0.0567. The van der Waals surface area contributed by atoms with Gasteiger partial charge in [-0.25, -0.2) is 4.79 Å². The number of nitrogens with zero attached hydrogens (tertiary/aromatic N) is 2. The Balaban J connectivity index is 2.42. The van der Waals surface area contributed by atoms with Gasteiger partial charge in [0.25, 0.3) is 0 Å². The van der Waals surface area contributed by atoms with E-state index in [-0.39, 0.29) is 18.2 Å². The molecule has 0 aromatic rings. The molecule has 1 aliphatic rings. The minimum Gasteiger partial charge on any atom is -0.480 e. The number of piperidine rings is 1. The largest absolute Gasteiger partial charge is 0.480 e. The fourth-order valence-corrected chi connectivity index (χ4v) is 2.76. The highest BCUT2D eigenvalue weighted by Crippen LogP contribution is 2.19. The van der Waals surface area contributed by atoms with Crippen LogP contribution in [0.4, 0.5) is 0 Å². The van der Waals surface area contributed by atoms with Crippen molar-refractivity contribution in [2.75, 3.05) is 19.6 Å². The summed E-state index contributed by atoms with van der Waals surface area (Å²) in [5.74, 6) is -1.02. The molecule has 1 heterocycles. The fourth-order valence-electron chi connectivity index (χ4n) is 2.76. The van der Waals surface area contributed by atoms with Crippen molar-refractivity contribution in [3.63, 3.8) is 0 Å². The molecule has 0 bridgehead atoms. The van der Waals surface area contributed by atoms with Crippen LogP contribution < -0.4 is 0 Å². The molecule has 0 aromatic carbocycles. The third-order valence-corrected chi connectivity index (χ3v) is 4.01. The summed E-state index contributed by atoms with van der Waals surface area (Å²) in [5.41, 5.74) is 0. The second kappa shape index (κ2) is 8.64. The van der Waals surface area contributed by atoms with E-state index in [0.717, 1.165) is 12.8 Å². The quantitative estimate of drug-likeness (QED) is 0.772. The molecule has 0 spiro atoms. The zero-order valence-corrected chi connectivity index (χ0v) is 13.0. The van der Waals surface area contributed by atoms with E-state index < -0.39 is 12.0 Å². The van der Waals surface area contributed by atoms with E-state index in [4.69, 9.17) is 5.11 Å². The van der Waals surface area contributed by atoms with Gasteiger partial charge in [0.05, 0.1) is 0 Å². The molecule has 0 saturated carbocycles. The maximum atomic E-state index is 12.1. The third kappa shape index (κ3) is 5.02. The zero-order valence-electron chi connectivity index (χ0n) is 13.0. The van der Waals surface area contributed by atoms with Crippen LogP contribution in [0.15, 0.2) is 0 Å². The molecule has 6 heteroatoms. The summed E-state index contributed by atoms with van der Waals surface area (Å²) < 4.78 is 0. The molecule has 2 amide bonds. The van der Waals surface area contributed by atoms with Crippen molar-refractivity contribution >= 4 is 17.8 Å². The number of hydrogen-bond donors (Lipinski definition) is 1. The van der Waals surface area contributed by atoms with Gasteiger partial charge in [-0.3, -0.25) is 9.59 Å². The Labute approximate surface area is 126 Å². The Morgan fingerprint density at radius 3 is 2.38 bits per heavy atom. The molecule has 21 heavy (non-hydrogen) atoms. The van der Waals surface area contributed by atoms with Crippen LogP contribution in [-0.4, -0.2) is 58.4 Å². The molecule has 0 aliphatic carbocycles.